The Bertz CT molecular complexity index is 410. The first kappa shape index (κ1) is 19.7. The molecule has 0 aliphatic heterocycles. The number of phosphoric acid groups is 2. The molecule has 0 bridgehead atoms. The molecule has 0 radical (unpaired) electrons. The Morgan fingerprint density at radius 2 is 1.70 bits per heavy atom. The normalized spacial score (nSPS) is 21.6. The third-order valence-electron chi connectivity index (χ3n) is 1.83. The van der Waals surface area contributed by atoms with Gasteiger partial charge in [0.15, 0.2) is 12.5 Å². The maximum absolute atomic E-state index is 13.2. The van der Waals surface area contributed by atoms with Crippen LogP contribution in [0.2, 0.25) is 0 Å². The Balaban J connectivity index is 5.13. The van der Waals surface area contributed by atoms with E-state index >= 15 is 0 Å². The van der Waals surface area contributed by atoms with Crippen LogP contribution in [0.5, 0.6) is 0 Å². The zero-order valence-corrected chi connectivity index (χ0v) is 11.4. The van der Waals surface area contributed by atoms with Gasteiger partial charge < -0.3 is 34.8 Å². The van der Waals surface area contributed by atoms with Gasteiger partial charge in [0, 0.05) is 0 Å². The molecule has 20 heavy (non-hydrogen) atoms. The fraction of sp³-hybridized carbons (Fsp3) is 0.833. The first-order valence-electron chi connectivity index (χ1n) is 4.78. The molecule has 0 aliphatic carbocycles. The first-order valence-corrected chi connectivity index (χ1v) is 7.80. The lowest BCUT2D eigenvalue weighted by Crippen LogP contribution is -2.46. The fourth-order valence-electron chi connectivity index (χ4n) is 1.02. The number of carbonyl (C=O) groups is 1. The summed E-state index contributed by atoms with van der Waals surface area (Å²) in [4.78, 5) is 35.8. The van der Waals surface area contributed by atoms with Crippen LogP contribution in [-0.4, -0.2) is 67.4 Å². The quantitative estimate of drug-likeness (QED) is 0.197. The molecule has 0 amide bonds. The lowest BCUT2D eigenvalue weighted by molar-refractivity contribution is -0.125. The molecule has 0 saturated carbocycles. The number of aldehydes is 1. The lowest BCUT2D eigenvalue weighted by atomic mass is 10.1. The van der Waals surface area contributed by atoms with E-state index in [0.29, 0.717) is 0 Å². The van der Waals surface area contributed by atoms with Crippen molar-refractivity contribution in [1.82, 2.24) is 0 Å². The van der Waals surface area contributed by atoms with Gasteiger partial charge in [-0.2, -0.15) is 4.31 Å². The van der Waals surface area contributed by atoms with Crippen LogP contribution >= 0.6 is 15.6 Å². The van der Waals surface area contributed by atoms with Crippen LogP contribution < -0.4 is 0 Å². The highest BCUT2D eigenvalue weighted by Gasteiger charge is 2.42. The third-order valence-corrected chi connectivity index (χ3v) is 4.01. The van der Waals surface area contributed by atoms with Crippen LogP contribution in [0.4, 0.5) is 4.39 Å². The van der Waals surface area contributed by atoms with Crippen molar-refractivity contribution < 1.29 is 57.1 Å². The molecule has 0 saturated heterocycles. The molecule has 0 aromatic rings. The van der Waals surface area contributed by atoms with Gasteiger partial charge in [-0.25, -0.2) is 13.5 Å². The van der Waals surface area contributed by atoms with Gasteiger partial charge >= 0.3 is 15.6 Å². The highest BCUT2D eigenvalue weighted by Crippen LogP contribution is 2.58. The van der Waals surface area contributed by atoms with Crippen molar-refractivity contribution >= 4 is 21.9 Å². The minimum absolute atomic E-state index is 0.463. The van der Waals surface area contributed by atoms with Crippen molar-refractivity contribution in [2.24, 2.45) is 0 Å². The molecule has 5 atom stereocenters. The minimum Gasteiger partial charge on any atom is -0.394 e. The number of carbonyl (C=O) groups excluding carboxylic acids is 1. The third kappa shape index (κ3) is 6.95. The number of halogens is 1. The van der Waals surface area contributed by atoms with E-state index in [2.05, 4.69) is 8.83 Å². The van der Waals surface area contributed by atoms with Crippen LogP contribution in [0.15, 0.2) is 0 Å². The summed E-state index contributed by atoms with van der Waals surface area (Å²) < 4.78 is 42.0. The standard InChI is InChI=1S/C6H13FO11P2/c7-3(1-8)6(5(11)4(10)2-9)17-20(15,16)18-19(12,13)14/h1,3-6,9-11H,2H2,(H,15,16)(H2,12,13,14)/t3-,4+,5-,6+/m0/s1. The Morgan fingerprint density at radius 3 is 2.05 bits per heavy atom. The maximum Gasteiger partial charge on any atom is 0.481 e. The van der Waals surface area contributed by atoms with Crippen LogP contribution in [-0.2, 0) is 22.8 Å². The fourth-order valence-corrected chi connectivity index (χ4v) is 2.80. The second-order valence-corrected chi connectivity index (χ2v) is 6.21. The Morgan fingerprint density at radius 1 is 1.20 bits per heavy atom. The van der Waals surface area contributed by atoms with E-state index in [4.69, 9.17) is 24.9 Å². The molecule has 0 rings (SSSR count). The smallest absolute Gasteiger partial charge is 0.394 e. The zero-order valence-electron chi connectivity index (χ0n) is 9.59. The van der Waals surface area contributed by atoms with Crippen molar-refractivity contribution in [3.8, 4) is 0 Å². The van der Waals surface area contributed by atoms with Crippen molar-refractivity contribution in [2.45, 2.75) is 24.5 Å². The van der Waals surface area contributed by atoms with Crippen molar-refractivity contribution in [1.29, 1.82) is 0 Å². The Labute approximate surface area is 111 Å². The predicted octanol–water partition coefficient (Wildman–Crippen LogP) is -2.17. The van der Waals surface area contributed by atoms with Gasteiger partial charge in [0.05, 0.1) is 6.61 Å². The summed E-state index contributed by atoms with van der Waals surface area (Å²) in [5, 5.41) is 26.9. The summed E-state index contributed by atoms with van der Waals surface area (Å²) in [6.45, 7) is -1.11. The number of aliphatic hydroxyl groups is 3. The minimum atomic E-state index is -5.56. The molecule has 0 heterocycles. The molecular formula is C6H13FO11P2. The van der Waals surface area contributed by atoms with Gasteiger partial charge in [0.25, 0.3) is 0 Å². The van der Waals surface area contributed by atoms with Crippen LogP contribution in [0, 0.1) is 0 Å². The van der Waals surface area contributed by atoms with Gasteiger partial charge in [-0.15, -0.1) is 0 Å². The number of hydrogen-bond acceptors (Lipinski definition) is 8. The Kier molecular flexibility index (Phi) is 7.56. The molecular weight excluding hydrogens is 329 g/mol. The van der Waals surface area contributed by atoms with Gasteiger partial charge in [0.2, 0.25) is 0 Å². The number of hydrogen-bond donors (Lipinski definition) is 6. The predicted molar refractivity (Wildman–Crippen MR) is 57.9 cm³/mol. The van der Waals surface area contributed by atoms with Gasteiger partial charge in [-0.05, 0) is 0 Å². The Hall–Kier alpha value is -0.260. The van der Waals surface area contributed by atoms with E-state index in [9.17, 15) is 23.4 Å². The van der Waals surface area contributed by atoms with Crippen molar-refractivity contribution in [3.05, 3.63) is 0 Å². The van der Waals surface area contributed by atoms with E-state index in [1.54, 1.807) is 0 Å². The lowest BCUT2D eigenvalue weighted by Gasteiger charge is -2.27. The molecule has 0 fully saturated rings. The second-order valence-electron chi connectivity index (χ2n) is 3.43. The topological polar surface area (TPSA) is 191 Å². The van der Waals surface area contributed by atoms with E-state index in [1.807, 2.05) is 0 Å². The molecule has 0 aliphatic rings. The van der Waals surface area contributed by atoms with E-state index in [-0.39, 0.29) is 0 Å². The first-order chi connectivity index (χ1) is 8.93. The largest absolute Gasteiger partial charge is 0.481 e. The van der Waals surface area contributed by atoms with E-state index in [1.165, 1.54) is 0 Å². The van der Waals surface area contributed by atoms with Gasteiger partial charge in [-0.1, -0.05) is 0 Å². The molecule has 1 unspecified atom stereocenters. The zero-order chi connectivity index (χ0) is 16.1. The molecule has 0 spiro atoms. The molecule has 6 N–H and O–H groups in total. The van der Waals surface area contributed by atoms with Crippen LogP contribution in [0.25, 0.3) is 0 Å². The molecule has 0 aromatic heterocycles. The second kappa shape index (κ2) is 7.66. The summed E-state index contributed by atoms with van der Waals surface area (Å²) in [5.74, 6) is 0. The average Bonchev–Trinajstić information content (AvgIpc) is 2.30. The number of phosphoric ester groups is 1. The monoisotopic (exact) mass is 342 g/mol. The summed E-state index contributed by atoms with van der Waals surface area (Å²) in [6, 6.07) is 0. The van der Waals surface area contributed by atoms with Crippen molar-refractivity contribution in [2.75, 3.05) is 6.61 Å². The maximum atomic E-state index is 13.2. The molecule has 11 nitrogen and oxygen atoms in total. The molecule has 14 heteroatoms. The molecule has 120 valence electrons. The summed E-state index contributed by atoms with van der Waals surface area (Å²) in [6.07, 6.45) is -10.1. The summed E-state index contributed by atoms with van der Waals surface area (Å²) in [5.41, 5.74) is 0. The SMILES string of the molecule is O=C[C@H](F)[C@@H](OP(=O)(O)OP(=O)(O)O)[C@@H](O)[C@H](O)CO. The number of aliphatic hydroxyl groups excluding tert-OH is 3. The van der Waals surface area contributed by atoms with E-state index < -0.39 is 53.0 Å². The summed E-state index contributed by atoms with van der Waals surface area (Å²) >= 11 is 0. The van der Waals surface area contributed by atoms with E-state index in [0.717, 1.165) is 0 Å². The highest BCUT2D eigenvalue weighted by molar-refractivity contribution is 7.60. The van der Waals surface area contributed by atoms with Gasteiger partial charge in [0.1, 0.15) is 18.3 Å². The molecule has 0 aromatic carbocycles. The van der Waals surface area contributed by atoms with Gasteiger partial charge in [-0.3, -0.25) is 4.52 Å². The van der Waals surface area contributed by atoms with Crippen LogP contribution in [0.3, 0.4) is 0 Å². The van der Waals surface area contributed by atoms with Crippen molar-refractivity contribution in [3.63, 3.8) is 0 Å². The number of alkyl halides is 1. The number of rotatable bonds is 9. The van der Waals surface area contributed by atoms with Crippen LogP contribution in [0.1, 0.15) is 0 Å². The average molecular weight is 342 g/mol. The highest BCUT2D eigenvalue weighted by atomic mass is 31.3. The summed E-state index contributed by atoms with van der Waals surface area (Å²) in [7, 11) is -11.0.